The number of urea groups is 1. The number of rotatable bonds is 11. The highest BCUT2D eigenvalue weighted by atomic mass is 19.4. The highest BCUT2D eigenvalue weighted by molar-refractivity contribution is 5.90. The van der Waals surface area contributed by atoms with Crippen molar-refractivity contribution in [2.24, 2.45) is 0 Å². The summed E-state index contributed by atoms with van der Waals surface area (Å²) in [6.45, 7) is 7.50. The van der Waals surface area contributed by atoms with Crippen LogP contribution < -0.4 is 30.2 Å². The molecule has 0 saturated heterocycles. The lowest BCUT2D eigenvalue weighted by Gasteiger charge is -2.37. The maximum Gasteiger partial charge on any atom is 0.420 e. The summed E-state index contributed by atoms with van der Waals surface area (Å²) in [5.41, 5.74) is 1.90. The molecule has 2 amide bonds. The fourth-order valence-corrected chi connectivity index (χ4v) is 4.47. The van der Waals surface area contributed by atoms with Gasteiger partial charge in [0.05, 0.1) is 38.2 Å². The van der Waals surface area contributed by atoms with Crippen molar-refractivity contribution in [3.05, 3.63) is 95.5 Å². The van der Waals surface area contributed by atoms with Crippen molar-refractivity contribution in [2.75, 3.05) is 19.0 Å². The van der Waals surface area contributed by atoms with Crippen molar-refractivity contribution in [2.45, 2.75) is 52.4 Å². The molecule has 1 atom stereocenters. The number of allylic oxidation sites excluding steroid dienone is 3. The van der Waals surface area contributed by atoms with Gasteiger partial charge in [0.2, 0.25) is 5.85 Å². The molecular formula is C32H35F3N4O5. The predicted molar refractivity (Wildman–Crippen MR) is 160 cm³/mol. The SMILES string of the molecule is CCOc1cncc(C2=C(C)NC(NC(=O)Nc3ccc(OC(C)C)c(C(F)(F)F)c3)(OCc3ccc(OC)cc3)C=C2)c1. The Morgan fingerprint density at radius 1 is 1.07 bits per heavy atom. The largest absolute Gasteiger partial charge is 0.497 e. The summed E-state index contributed by atoms with van der Waals surface area (Å²) in [6.07, 6.45) is 1.52. The zero-order chi connectivity index (χ0) is 31.9. The van der Waals surface area contributed by atoms with Crippen LogP contribution in [0.1, 0.15) is 44.4 Å². The van der Waals surface area contributed by atoms with Crippen LogP contribution in [-0.4, -0.2) is 36.7 Å². The molecule has 0 radical (unpaired) electrons. The van der Waals surface area contributed by atoms with Gasteiger partial charge in [0.25, 0.3) is 0 Å². The fourth-order valence-electron chi connectivity index (χ4n) is 4.47. The van der Waals surface area contributed by atoms with Crippen LogP contribution in [-0.2, 0) is 17.5 Å². The summed E-state index contributed by atoms with van der Waals surface area (Å²) in [6, 6.07) is 11.6. The Morgan fingerprint density at radius 2 is 1.82 bits per heavy atom. The van der Waals surface area contributed by atoms with E-state index in [0.29, 0.717) is 23.8 Å². The second-order valence-electron chi connectivity index (χ2n) is 10.2. The number of ether oxygens (including phenoxy) is 4. The second kappa shape index (κ2) is 13.7. The summed E-state index contributed by atoms with van der Waals surface area (Å²) in [4.78, 5) is 17.5. The van der Waals surface area contributed by atoms with E-state index in [1.54, 1.807) is 64.6 Å². The molecule has 0 spiro atoms. The molecule has 0 bridgehead atoms. The summed E-state index contributed by atoms with van der Waals surface area (Å²) in [5, 5.41) is 8.42. The van der Waals surface area contributed by atoms with Crippen LogP contribution in [0, 0.1) is 0 Å². The molecule has 0 saturated carbocycles. The minimum absolute atomic E-state index is 0.0745. The smallest absolute Gasteiger partial charge is 0.420 e. The fraction of sp³-hybridized carbons (Fsp3) is 0.312. The minimum Gasteiger partial charge on any atom is -0.497 e. The van der Waals surface area contributed by atoms with Gasteiger partial charge >= 0.3 is 12.2 Å². The Bertz CT molecular complexity index is 1520. The Hall–Kier alpha value is -4.71. The number of dihydropyridines is 1. The zero-order valence-corrected chi connectivity index (χ0v) is 25.0. The standard InChI is InChI=1S/C32H35F3N4O5/c1-6-42-26-15-23(17-36-18-26)27-13-14-31(38-21(27)4,43-19-22-7-10-25(41-5)11-8-22)39-30(40)37-24-9-12-29(44-20(2)3)28(16-24)32(33,34)35/h7-18,20,38H,6,19H2,1-5H3,(H2,37,39,40). The average molecular weight is 613 g/mol. The molecule has 44 heavy (non-hydrogen) atoms. The molecule has 1 aliphatic rings. The van der Waals surface area contributed by atoms with E-state index in [4.69, 9.17) is 18.9 Å². The number of benzene rings is 2. The molecular weight excluding hydrogens is 577 g/mol. The molecule has 3 N–H and O–H groups in total. The highest BCUT2D eigenvalue weighted by Crippen LogP contribution is 2.38. The van der Waals surface area contributed by atoms with E-state index in [-0.39, 0.29) is 18.0 Å². The summed E-state index contributed by atoms with van der Waals surface area (Å²) < 4.78 is 63.6. The molecule has 2 aromatic carbocycles. The number of alkyl halides is 3. The number of carbonyl (C=O) groups excluding carboxylic acids is 1. The van der Waals surface area contributed by atoms with Crippen LogP contribution in [0.4, 0.5) is 23.7 Å². The third-order valence-electron chi connectivity index (χ3n) is 6.43. The van der Waals surface area contributed by atoms with Gasteiger partial charge in [-0.3, -0.25) is 10.3 Å². The van der Waals surface area contributed by atoms with Gasteiger partial charge in [0.1, 0.15) is 17.2 Å². The number of anilines is 1. The summed E-state index contributed by atoms with van der Waals surface area (Å²) >= 11 is 0. The maximum absolute atomic E-state index is 13.8. The monoisotopic (exact) mass is 612 g/mol. The van der Waals surface area contributed by atoms with Gasteiger partial charge in [-0.15, -0.1) is 0 Å². The van der Waals surface area contributed by atoms with Crippen molar-refractivity contribution in [1.29, 1.82) is 0 Å². The number of hydrogen-bond donors (Lipinski definition) is 3. The van der Waals surface area contributed by atoms with E-state index in [2.05, 4.69) is 20.9 Å². The first-order chi connectivity index (χ1) is 20.9. The molecule has 3 aromatic rings. The third-order valence-corrected chi connectivity index (χ3v) is 6.43. The maximum atomic E-state index is 13.8. The van der Waals surface area contributed by atoms with Gasteiger partial charge in [0, 0.05) is 28.7 Å². The van der Waals surface area contributed by atoms with Crippen LogP contribution in [0.15, 0.2) is 78.8 Å². The van der Waals surface area contributed by atoms with E-state index in [1.807, 2.05) is 25.1 Å². The Kier molecular flexibility index (Phi) is 10.0. The Labute approximate surface area is 254 Å². The van der Waals surface area contributed by atoms with Crippen LogP contribution in [0.25, 0.3) is 5.57 Å². The quantitative estimate of drug-likeness (QED) is 0.203. The molecule has 1 aliphatic heterocycles. The topological polar surface area (TPSA) is 103 Å². The van der Waals surface area contributed by atoms with E-state index in [1.165, 1.54) is 12.1 Å². The van der Waals surface area contributed by atoms with Gasteiger partial charge < -0.3 is 29.6 Å². The molecule has 2 heterocycles. The van der Waals surface area contributed by atoms with E-state index in [0.717, 1.165) is 22.8 Å². The summed E-state index contributed by atoms with van der Waals surface area (Å²) in [5.74, 6) is -0.612. The highest BCUT2D eigenvalue weighted by Gasteiger charge is 2.36. The van der Waals surface area contributed by atoms with Crippen molar-refractivity contribution >= 4 is 17.3 Å². The number of amides is 2. The average Bonchev–Trinajstić information content (AvgIpc) is 2.97. The van der Waals surface area contributed by atoms with Gasteiger partial charge in [-0.2, -0.15) is 13.2 Å². The molecule has 1 aromatic heterocycles. The molecule has 0 fully saturated rings. The van der Waals surface area contributed by atoms with Crippen LogP contribution in [0.5, 0.6) is 17.2 Å². The van der Waals surface area contributed by atoms with Crippen LogP contribution in [0.3, 0.4) is 0 Å². The number of nitrogens with one attached hydrogen (secondary N) is 3. The first-order valence-corrected chi connectivity index (χ1v) is 13.9. The Balaban J connectivity index is 1.59. The number of methoxy groups -OCH3 is 1. The molecule has 1 unspecified atom stereocenters. The van der Waals surface area contributed by atoms with Crippen LogP contribution in [0.2, 0.25) is 0 Å². The first-order valence-electron chi connectivity index (χ1n) is 13.9. The number of pyridine rings is 1. The zero-order valence-electron chi connectivity index (χ0n) is 25.0. The second-order valence-corrected chi connectivity index (χ2v) is 10.2. The number of nitrogens with zero attached hydrogens (tertiary/aromatic N) is 1. The van der Waals surface area contributed by atoms with Gasteiger partial charge in [-0.1, -0.05) is 12.1 Å². The first kappa shape index (κ1) is 32.2. The number of halogens is 3. The van der Waals surface area contributed by atoms with Crippen LogP contribution >= 0.6 is 0 Å². The number of hydrogen-bond acceptors (Lipinski definition) is 7. The summed E-state index contributed by atoms with van der Waals surface area (Å²) in [7, 11) is 1.56. The molecule has 12 heteroatoms. The number of aromatic nitrogens is 1. The van der Waals surface area contributed by atoms with E-state index >= 15 is 0 Å². The Morgan fingerprint density at radius 3 is 2.45 bits per heavy atom. The number of carbonyl (C=O) groups is 1. The molecule has 4 rings (SSSR count). The van der Waals surface area contributed by atoms with Crippen molar-refractivity contribution in [3.63, 3.8) is 0 Å². The predicted octanol–water partition coefficient (Wildman–Crippen LogP) is 6.88. The normalized spacial score (nSPS) is 16.4. The van der Waals surface area contributed by atoms with Gasteiger partial charge in [-0.25, -0.2) is 4.79 Å². The minimum atomic E-state index is -4.69. The third kappa shape index (κ3) is 8.22. The van der Waals surface area contributed by atoms with Crippen molar-refractivity contribution < 1.29 is 36.9 Å². The lowest BCUT2D eigenvalue weighted by atomic mass is 10.0. The lowest BCUT2D eigenvalue weighted by Crippen LogP contribution is -2.60. The molecule has 0 aliphatic carbocycles. The van der Waals surface area contributed by atoms with E-state index in [9.17, 15) is 18.0 Å². The van der Waals surface area contributed by atoms with E-state index < -0.39 is 29.7 Å². The van der Waals surface area contributed by atoms with Gasteiger partial charge in [0.15, 0.2) is 0 Å². The van der Waals surface area contributed by atoms with Crippen molar-refractivity contribution in [3.8, 4) is 17.2 Å². The lowest BCUT2D eigenvalue weighted by molar-refractivity contribution is -0.139. The molecule has 9 nitrogen and oxygen atoms in total. The molecule has 234 valence electrons. The van der Waals surface area contributed by atoms with Crippen molar-refractivity contribution in [1.82, 2.24) is 15.6 Å². The van der Waals surface area contributed by atoms with Gasteiger partial charge in [-0.05, 0) is 81.8 Å².